The lowest BCUT2D eigenvalue weighted by atomic mass is 10.2. The molecule has 0 radical (unpaired) electrons. The van der Waals surface area contributed by atoms with Gasteiger partial charge in [-0.1, -0.05) is 6.92 Å². The van der Waals surface area contributed by atoms with E-state index in [2.05, 4.69) is 0 Å². The van der Waals surface area contributed by atoms with Gasteiger partial charge < -0.3 is 0 Å². The molecule has 1 aliphatic carbocycles. The van der Waals surface area contributed by atoms with Gasteiger partial charge in [0.05, 0.1) is 16.8 Å². The summed E-state index contributed by atoms with van der Waals surface area (Å²) < 4.78 is 48.8. The Labute approximate surface area is 103 Å². The molecular weight excluding hydrogens is 262 g/mol. The van der Waals surface area contributed by atoms with Crippen LogP contribution in [0.1, 0.15) is 32.6 Å². The third-order valence-electron chi connectivity index (χ3n) is 3.33. The smallest absolute Gasteiger partial charge is 0.217 e. The Morgan fingerprint density at radius 1 is 1.24 bits per heavy atom. The Balaban J connectivity index is 2.18. The highest BCUT2D eigenvalue weighted by Gasteiger charge is 2.44. The normalized spacial score (nSPS) is 28.7. The van der Waals surface area contributed by atoms with Gasteiger partial charge in [-0.25, -0.2) is 16.8 Å². The summed E-state index contributed by atoms with van der Waals surface area (Å²) in [5.74, 6) is 0.122. The lowest BCUT2D eigenvalue weighted by Crippen LogP contribution is -2.43. The predicted octanol–water partition coefficient (Wildman–Crippen LogP) is 0.378. The molecule has 0 aromatic carbocycles. The second kappa shape index (κ2) is 4.51. The summed E-state index contributed by atoms with van der Waals surface area (Å²) in [7, 11) is -6.29. The Morgan fingerprint density at radius 2 is 1.88 bits per heavy atom. The van der Waals surface area contributed by atoms with Crippen LogP contribution >= 0.6 is 0 Å². The van der Waals surface area contributed by atoms with Gasteiger partial charge in [0.25, 0.3) is 0 Å². The average Bonchev–Trinajstić information content (AvgIpc) is 3.01. The number of sulfone groups is 1. The molecule has 7 heteroatoms. The van der Waals surface area contributed by atoms with E-state index in [1.165, 1.54) is 4.31 Å². The Bertz CT molecular complexity index is 478. The minimum atomic E-state index is -3.25. The molecule has 2 fully saturated rings. The van der Waals surface area contributed by atoms with Gasteiger partial charge in [0.15, 0.2) is 9.84 Å². The van der Waals surface area contributed by atoms with Crippen molar-refractivity contribution in [2.75, 3.05) is 18.1 Å². The van der Waals surface area contributed by atoms with Crippen LogP contribution in [0.5, 0.6) is 0 Å². The molecule has 0 amide bonds. The average molecular weight is 281 g/mol. The molecule has 0 aromatic rings. The minimum absolute atomic E-state index is 0.00104. The van der Waals surface area contributed by atoms with Gasteiger partial charge in [0.1, 0.15) is 0 Å². The molecule has 1 aliphatic heterocycles. The molecule has 0 aromatic heterocycles. The second-order valence-corrected chi connectivity index (χ2v) is 9.31. The van der Waals surface area contributed by atoms with Crippen LogP contribution in [0.2, 0.25) is 0 Å². The number of nitrogens with zero attached hydrogens (tertiary/aromatic N) is 1. The van der Waals surface area contributed by atoms with Crippen molar-refractivity contribution in [3.63, 3.8) is 0 Å². The summed E-state index contributed by atoms with van der Waals surface area (Å²) in [5.41, 5.74) is 0. The molecule has 2 aliphatic rings. The van der Waals surface area contributed by atoms with E-state index in [0.717, 1.165) is 19.3 Å². The Kier molecular flexibility index (Phi) is 3.53. The van der Waals surface area contributed by atoms with Gasteiger partial charge >= 0.3 is 0 Å². The summed E-state index contributed by atoms with van der Waals surface area (Å²) in [6.07, 6.45) is 2.63. The quantitative estimate of drug-likeness (QED) is 0.730. The maximum atomic E-state index is 12.2. The van der Waals surface area contributed by atoms with Crippen molar-refractivity contribution >= 4 is 19.9 Å². The summed E-state index contributed by atoms with van der Waals surface area (Å²) in [4.78, 5) is 0. The predicted molar refractivity (Wildman–Crippen MR) is 66.0 cm³/mol. The molecule has 0 spiro atoms. The van der Waals surface area contributed by atoms with Crippen molar-refractivity contribution in [1.82, 2.24) is 4.31 Å². The first kappa shape index (κ1) is 13.3. The molecule has 2 rings (SSSR count). The fourth-order valence-electron chi connectivity index (χ4n) is 2.30. The molecule has 1 saturated heterocycles. The zero-order chi connectivity index (χ0) is 12.7. The van der Waals surface area contributed by atoms with Crippen molar-refractivity contribution in [2.24, 2.45) is 0 Å². The van der Waals surface area contributed by atoms with Gasteiger partial charge in [-0.05, 0) is 25.7 Å². The van der Waals surface area contributed by atoms with Crippen molar-refractivity contribution < 1.29 is 16.8 Å². The number of hydrogen-bond acceptors (Lipinski definition) is 4. The molecule has 17 heavy (non-hydrogen) atoms. The molecule has 1 heterocycles. The highest BCUT2D eigenvalue weighted by Crippen LogP contribution is 2.33. The Hall–Kier alpha value is -0.140. The summed E-state index contributed by atoms with van der Waals surface area (Å²) in [6.45, 7) is 2.36. The maximum absolute atomic E-state index is 12.2. The first-order valence-corrected chi connectivity index (χ1v) is 9.40. The first-order valence-electron chi connectivity index (χ1n) is 6.08. The summed E-state index contributed by atoms with van der Waals surface area (Å²) in [5, 5.41) is -0.252. The molecule has 0 bridgehead atoms. The minimum Gasteiger partial charge on any atom is -0.229 e. The van der Waals surface area contributed by atoms with Crippen LogP contribution in [0, 0.1) is 0 Å². The highest BCUT2D eigenvalue weighted by atomic mass is 32.2. The van der Waals surface area contributed by atoms with E-state index in [0.29, 0.717) is 13.0 Å². The molecule has 100 valence electrons. The molecule has 0 N–H and O–H groups in total. The van der Waals surface area contributed by atoms with E-state index in [-0.39, 0.29) is 22.8 Å². The number of hydrogen-bond donors (Lipinski definition) is 0. The van der Waals surface area contributed by atoms with Crippen LogP contribution in [0.25, 0.3) is 0 Å². The first-order chi connectivity index (χ1) is 7.87. The van der Waals surface area contributed by atoms with Crippen LogP contribution in [0.3, 0.4) is 0 Å². The van der Waals surface area contributed by atoms with Crippen molar-refractivity contribution in [3.05, 3.63) is 0 Å². The van der Waals surface area contributed by atoms with E-state index in [1.54, 1.807) is 0 Å². The molecular formula is C10H19NO4S2. The van der Waals surface area contributed by atoms with Gasteiger partial charge in [0.2, 0.25) is 10.0 Å². The van der Waals surface area contributed by atoms with E-state index in [9.17, 15) is 16.8 Å². The second-order valence-electron chi connectivity index (χ2n) is 4.91. The fraction of sp³-hybridized carbons (Fsp3) is 1.00. The Morgan fingerprint density at radius 3 is 2.29 bits per heavy atom. The zero-order valence-electron chi connectivity index (χ0n) is 10.0. The van der Waals surface area contributed by atoms with E-state index in [4.69, 9.17) is 0 Å². The number of sulfonamides is 1. The van der Waals surface area contributed by atoms with Crippen LogP contribution in [0.15, 0.2) is 0 Å². The SMILES string of the molecule is CCCN(C1CCS(=O)(=O)C1)S(=O)(=O)C1CC1. The third kappa shape index (κ3) is 2.82. The zero-order valence-corrected chi connectivity index (χ0v) is 11.6. The molecule has 1 atom stereocenters. The van der Waals surface area contributed by atoms with Crippen LogP contribution < -0.4 is 0 Å². The molecule has 5 nitrogen and oxygen atoms in total. The van der Waals surface area contributed by atoms with Gasteiger partial charge in [-0.3, -0.25) is 0 Å². The fourth-order valence-corrected chi connectivity index (χ4v) is 6.27. The molecule has 1 unspecified atom stereocenters. The van der Waals surface area contributed by atoms with Crippen molar-refractivity contribution in [1.29, 1.82) is 0 Å². The van der Waals surface area contributed by atoms with E-state index in [1.807, 2.05) is 6.92 Å². The van der Waals surface area contributed by atoms with Crippen molar-refractivity contribution in [2.45, 2.75) is 43.9 Å². The van der Waals surface area contributed by atoms with Gasteiger partial charge in [-0.15, -0.1) is 0 Å². The van der Waals surface area contributed by atoms with Gasteiger partial charge in [0, 0.05) is 12.6 Å². The van der Waals surface area contributed by atoms with Crippen molar-refractivity contribution in [3.8, 4) is 0 Å². The number of rotatable bonds is 5. The van der Waals surface area contributed by atoms with Gasteiger partial charge in [-0.2, -0.15) is 4.31 Å². The molecule has 1 saturated carbocycles. The third-order valence-corrected chi connectivity index (χ3v) is 7.53. The topological polar surface area (TPSA) is 71.5 Å². The monoisotopic (exact) mass is 281 g/mol. The summed E-state index contributed by atoms with van der Waals surface area (Å²) >= 11 is 0. The lowest BCUT2D eigenvalue weighted by molar-refractivity contribution is 0.340. The maximum Gasteiger partial charge on any atom is 0.217 e. The van der Waals surface area contributed by atoms with E-state index < -0.39 is 19.9 Å². The van der Waals surface area contributed by atoms with Crippen LogP contribution in [-0.4, -0.2) is 50.5 Å². The van der Waals surface area contributed by atoms with Crippen LogP contribution in [-0.2, 0) is 19.9 Å². The highest BCUT2D eigenvalue weighted by molar-refractivity contribution is 7.92. The lowest BCUT2D eigenvalue weighted by Gasteiger charge is -2.26. The van der Waals surface area contributed by atoms with E-state index >= 15 is 0 Å². The largest absolute Gasteiger partial charge is 0.229 e. The van der Waals surface area contributed by atoms with Crippen LogP contribution in [0.4, 0.5) is 0 Å². The standard InChI is InChI=1S/C10H19NO4S2/c1-2-6-11(17(14,15)10-3-4-10)9-5-7-16(12,13)8-9/h9-10H,2-8H2,1H3. The summed E-state index contributed by atoms with van der Waals surface area (Å²) in [6, 6.07) is -0.328.